The molecule has 18 heavy (non-hydrogen) atoms. The first-order valence-electron chi connectivity index (χ1n) is 5.78. The molecule has 1 aromatic carbocycles. The molecule has 6 heteroatoms. The van der Waals surface area contributed by atoms with Crippen molar-refractivity contribution in [1.29, 1.82) is 0 Å². The first kappa shape index (κ1) is 13.5. The van der Waals surface area contributed by atoms with Gasteiger partial charge < -0.3 is 4.74 Å². The summed E-state index contributed by atoms with van der Waals surface area (Å²) in [5, 5.41) is 0. The fourth-order valence-electron chi connectivity index (χ4n) is 1.99. The number of ether oxygens (including phenoxy) is 1. The fraction of sp³-hybridized carbons (Fsp3) is 0.500. The summed E-state index contributed by atoms with van der Waals surface area (Å²) >= 11 is 0. The molecule has 0 amide bonds. The normalized spacial score (nSPS) is 18.3. The first-order valence-corrected chi connectivity index (χ1v) is 7.27. The third-order valence-electron chi connectivity index (χ3n) is 3.41. The Balaban J connectivity index is 2.11. The SMILES string of the molecule is COC1(CNS(=O)(=O)c2ccccc2F)CCC1. The van der Waals surface area contributed by atoms with Crippen LogP contribution in [0.15, 0.2) is 29.2 Å². The summed E-state index contributed by atoms with van der Waals surface area (Å²) in [6.45, 7) is 0.181. The number of benzene rings is 1. The van der Waals surface area contributed by atoms with Crippen molar-refractivity contribution in [2.45, 2.75) is 29.8 Å². The van der Waals surface area contributed by atoms with Crippen LogP contribution in [-0.4, -0.2) is 27.7 Å². The van der Waals surface area contributed by atoms with Crippen LogP contribution in [-0.2, 0) is 14.8 Å². The van der Waals surface area contributed by atoms with Crippen molar-refractivity contribution in [3.8, 4) is 0 Å². The van der Waals surface area contributed by atoms with Gasteiger partial charge in [-0.2, -0.15) is 0 Å². The molecule has 0 heterocycles. The number of hydrogen-bond donors (Lipinski definition) is 1. The van der Waals surface area contributed by atoms with E-state index in [0.29, 0.717) is 0 Å². The van der Waals surface area contributed by atoms with E-state index in [1.165, 1.54) is 18.2 Å². The van der Waals surface area contributed by atoms with Gasteiger partial charge in [0, 0.05) is 13.7 Å². The number of hydrogen-bond acceptors (Lipinski definition) is 3. The Morgan fingerprint density at radius 2 is 2.06 bits per heavy atom. The van der Waals surface area contributed by atoms with Gasteiger partial charge in [-0.15, -0.1) is 0 Å². The van der Waals surface area contributed by atoms with Crippen LogP contribution in [0.5, 0.6) is 0 Å². The van der Waals surface area contributed by atoms with E-state index in [1.807, 2.05) is 0 Å². The van der Waals surface area contributed by atoms with Crippen LogP contribution >= 0.6 is 0 Å². The van der Waals surface area contributed by atoms with E-state index in [2.05, 4.69) is 4.72 Å². The minimum atomic E-state index is -3.82. The van der Waals surface area contributed by atoms with Crippen molar-refractivity contribution in [3.63, 3.8) is 0 Å². The van der Waals surface area contributed by atoms with E-state index in [1.54, 1.807) is 7.11 Å². The molecule has 0 radical (unpaired) electrons. The van der Waals surface area contributed by atoms with Crippen molar-refractivity contribution in [2.24, 2.45) is 0 Å². The van der Waals surface area contributed by atoms with E-state index in [4.69, 9.17) is 4.74 Å². The Labute approximate surface area is 106 Å². The van der Waals surface area contributed by atoms with E-state index >= 15 is 0 Å². The largest absolute Gasteiger partial charge is 0.377 e. The van der Waals surface area contributed by atoms with Crippen LogP contribution in [0.2, 0.25) is 0 Å². The van der Waals surface area contributed by atoms with E-state index < -0.39 is 21.4 Å². The van der Waals surface area contributed by atoms with Gasteiger partial charge in [-0.05, 0) is 31.4 Å². The molecule has 0 saturated heterocycles. The Hall–Kier alpha value is -0.980. The molecule has 1 aliphatic rings. The highest BCUT2D eigenvalue weighted by Crippen LogP contribution is 2.34. The van der Waals surface area contributed by atoms with Crippen LogP contribution in [0.4, 0.5) is 4.39 Å². The maximum atomic E-state index is 13.4. The molecule has 1 aromatic rings. The highest BCUT2D eigenvalue weighted by molar-refractivity contribution is 7.89. The molecule has 1 aliphatic carbocycles. The van der Waals surface area contributed by atoms with Crippen molar-refractivity contribution in [3.05, 3.63) is 30.1 Å². The molecule has 100 valence electrons. The van der Waals surface area contributed by atoms with Crippen LogP contribution in [0, 0.1) is 5.82 Å². The minimum Gasteiger partial charge on any atom is -0.377 e. The van der Waals surface area contributed by atoms with Crippen molar-refractivity contribution in [2.75, 3.05) is 13.7 Å². The molecule has 4 nitrogen and oxygen atoms in total. The van der Waals surface area contributed by atoms with Gasteiger partial charge in [-0.25, -0.2) is 17.5 Å². The molecule has 1 N–H and O–H groups in total. The number of halogens is 1. The quantitative estimate of drug-likeness (QED) is 0.888. The first-order chi connectivity index (χ1) is 8.49. The molecular weight excluding hydrogens is 257 g/mol. The Kier molecular flexibility index (Phi) is 3.70. The average Bonchev–Trinajstić information content (AvgIpc) is 2.28. The van der Waals surface area contributed by atoms with E-state index in [9.17, 15) is 12.8 Å². The summed E-state index contributed by atoms with van der Waals surface area (Å²) in [5.41, 5.74) is -0.418. The molecule has 1 fully saturated rings. The summed E-state index contributed by atoms with van der Waals surface area (Å²) in [5.74, 6) is -0.745. The molecule has 0 spiro atoms. The molecule has 0 bridgehead atoms. The van der Waals surface area contributed by atoms with E-state index in [-0.39, 0.29) is 11.4 Å². The average molecular weight is 273 g/mol. The highest BCUT2D eigenvalue weighted by atomic mass is 32.2. The standard InChI is InChI=1S/C12H16FNO3S/c1-17-12(7-4-8-12)9-14-18(15,16)11-6-3-2-5-10(11)13/h2-3,5-6,14H,4,7-9H2,1H3. The zero-order valence-electron chi connectivity index (χ0n) is 10.1. The summed E-state index contributed by atoms with van der Waals surface area (Å²) in [4.78, 5) is -0.324. The number of rotatable bonds is 5. The maximum absolute atomic E-state index is 13.4. The molecule has 0 atom stereocenters. The predicted molar refractivity (Wildman–Crippen MR) is 65.2 cm³/mol. The zero-order valence-corrected chi connectivity index (χ0v) is 11.0. The second kappa shape index (κ2) is 4.95. The van der Waals surface area contributed by atoms with Crippen molar-refractivity contribution < 1.29 is 17.5 Å². The maximum Gasteiger partial charge on any atom is 0.243 e. The topological polar surface area (TPSA) is 55.4 Å². The third-order valence-corrected chi connectivity index (χ3v) is 4.84. The van der Waals surface area contributed by atoms with Crippen molar-refractivity contribution >= 4 is 10.0 Å². The monoisotopic (exact) mass is 273 g/mol. The van der Waals surface area contributed by atoms with Gasteiger partial charge in [0.1, 0.15) is 10.7 Å². The second-order valence-corrected chi connectivity index (χ2v) is 6.23. The van der Waals surface area contributed by atoms with Gasteiger partial charge in [0.05, 0.1) is 5.60 Å². The lowest BCUT2D eigenvalue weighted by Gasteiger charge is -2.40. The molecular formula is C12H16FNO3S. The number of methoxy groups -OCH3 is 1. The van der Waals surface area contributed by atoms with Gasteiger partial charge in [0.25, 0.3) is 0 Å². The summed E-state index contributed by atoms with van der Waals surface area (Å²) in [6, 6.07) is 5.33. The van der Waals surface area contributed by atoms with Gasteiger partial charge in [-0.1, -0.05) is 12.1 Å². The molecule has 0 aromatic heterocycles. The summed E-state index contributed by atoms with van der Waals surface area (Å²) < 4.78 is 45.1. The fourth-order valence-corrected chi connectivity index (χ4v) is 3.18. The van der Waals surface area contributed by atoms with Crippen LogP contribution in [0.3, 0.4) is 0 Å². The lowest BCUT2D eigenvalue weighted by Crippen LogP contribution is -2.49. The lowest BCUT2D eigenvalue weighted by atomic mass is 9.80. The highest BCUT2D eigenvalue weighted by Gasteiger charge is 2.38. The molecule has 0 aliphatic heterocycles. The van der Waals surface area contributed by atoms with E-state index in [0.717, 1.165) is 25.3 Å². The molecule has 1 saturated carbocycles. The van der Waals surface area contributed by atoms with Crippen LogP contribution in [0.1, 0.15) is 19.3 Å². The van der Waals surface area contributed by atoms with Gasteiger partial charge in [0.2, 0.25) is 10.0 Å². The van der Waals surface area contributed by atoms with Gasteiger partial charge in [-0.3, -0.25) is 0 Å². The predicted octanol–water partition coefficient (Wildman–Crippen LogP) is 1.67. The van der Waals surface area contributed by atoms with Crippen LogP contribution in [0.25, 0.3) is 0 Å². The van der Waals surface area contributed by atoms with Gasteiger partial charge in [0.15, 0.2) is 0 Å². The Morgan fingerprint density at radius 3 is 2.56 bits per heavy atom. The van der Waals surface area contributed by atoms with Crippen molar-refractivity contribution in [1.82, 2.24) is 4.72 Å². The Bertz CT molecular complexity index is 520. The summed E-state index contributed by atoms with van der Waals surface area (Å²) in [6.07, 6.45) is 2.67. The minimum absolute atomic E-state index is 0.181. The smallest absolute Gasteiger partial charge is 0.243 e. The molecule has 0 unspecified atom stereocenters. The van der Waals surface area contributed by atoms with Crippen LogP contribution < -0.4 is 4.72 Å². The lowest BCUT2D eigenvalue weighted by molar-refractivity contribution is -0.0659. The number of nitrogens with one attached hydrogen (secondary N) is 1. The number of sulfonamides is 1. The van der Waals surface area contributed by atoms with Gasteiger partial charge >= 0.3 is 0 Å². The Morgan fingerprint density at radius 1 is 1.39 bits per heavy atom. The second-order valence-electron chi connectivity index (χ2n) is 4.50. The molecule has 2 rings (SSSR count). The third kappa shape index (κ3) is 2.55. The zero-order chi connectivity index (χ0) is 13.2. The summed E-state index contributed by atoms with van der Waals surface area (Å²) in [7, 11) is -2.25.